The van der Waals surface area contributed by atoms with E-state index in [2.05, 4.69) is 14.1 Å². The molecule has 0 saturated carbocycles. The lowest BCUT2D eigenvalue weighted by Crippen LogP contribution is -3.00. The van der Waals surface area contributed by atoms with Crippen LogP contribution in [0.15, 0.2) is 36.4 Å². The van der Waals surface area contributed by atoms with Crippen molar-refractivity contribution < 1.29 is 90.5 Å². The van der Waals surface area contributed by atoms with E-state index < -0.39 is 0 Å². The number of ether oxygens (including phenoxy) is 6. The van der Waals surface area contributed by atoms with Crippen LogP contribution in [0, 0.1) is 0 Å². The van der Waals surface area contributed by atoms with E-state index in [1.165, 1.54) is 13.8 Å². The van der Waals surface area contributed by atoms with Crippen LogP contribution in [0.1, 0.15) is 128 Å². The third kappa shape index (κ3) is 12.2. The fourth-order valence-corrected chi connectivity index (χ4v) is 10.7. The largest absolute Gasteiger partial charge is 1.00 e. The molecule has 4 aliphatic rings. The highest BCUT2D eigenvalue weighted by molar-refractivity contribution is 5.71. The second-order valence-corrected chi connectivity index (χ2v) is 17.7. The third-order valence-electron chi connectivity index (χ3n) is 13.8. The molecule has 2 aromatic rings. The molecule has 12 nitrogen and oxygen atoms in total. The Morgan fingerprint density at radius 1 is 0.533 bits per heavy atom. The Kier molecular flexibility index (Phi) is 18.3. The summed E-state index contributed by atoms with van der Waals surface area (Å²) in [6.45, 7) is 4.47. The molecule has 6 rings (SSSR count). The van der Waals surface area contributed by atoms with Gasteiger partial charge in [-0.25, -0.2) is 0 Å². The molecule has 4 bridgehead atoms. The molecule has 4 saturated heterocycles. The Labute approximate surface area is 377 Å². The summed E-state index contributed by atoms with van der Waals surface area (Å²) in [6, 6.07) is 13.3. The van der Waals surface area contributed by atoms with E-state index in [-0.39, 0.29) is 70.0 Å². The van der Waals surface area contributed by atoms with Crippen molar-refractivity contribution in [3.8, 4) is 23.0 Å². The van der Waals surface area contributed by atoms with Gasteiger partial charge in [-0.05, 0) is 49.2 Å². The fraction of sp³-hybridized carbons (Fsp3) is 0.652. The normalized spacial score (nSPS) is 27.4. The van der Waals surface area contributed by atoms with Gasteiger partial charge in [0, 0.05) is 89.2 Å². The molecule has 14 heteroatoms. The average Bonchev–Trinajstić information content (AvgIpc) is 3.40. The average molecular weight is 967 g/mol. The minimum atomic E-state index is -0.375. The molecule has 0 aliphatic carbocycles. The molecule has 0 radical (unpaired) electrons. The highest BCUT2D eigenvalue weighted by atomic mass is 79.9. The maximum absolute atomic E-state index is 12.8. The van der Waals surface area contributed by atoms with Crippen LogP contribution in [0.25, 0.3) is 0 Å². The zero-order valence-electron chi connectivity index (χ0n) is 36.4. The van der Waals surface area contributed by atoms with Gasteiger partial charge in [-0.1, -0.05) is 25.7 Å². The second kappa shape index (κ2) is 22.2. The van der Waals surface area contributed by atoms with Gasteiger partial charge in [0.1, 0.15) is 25.3 Å². The van der Waals surface area contributed by atoms with Crippen molar-refractivity contribution in [2.75, 3.05) is 28.3 Å². The Morgan fingerprint density at radius 3 is 1.18 bits per heavy atom. The lowest BCUT2D eigenvalue weighted by atomic mass is 9.95. The number of hydrogen-bond donors (Lipinski definition) is 0. The Bertz CT molecular complexity index is 1640. The summed E-state index contributed by atoms with van der Waals surface area (Å²) in [6.07, 6.45) is 14.6. The third-order valence-corrected chi connectivity index (χ3v) is 13.8. The summed E-state index contributed by atoms with van der Waals surface area (Å²) >= 11 is 0. The monoisotopic (exact) mass is 964 g/mol. The molecule has 60 heavy (non-hydrogen) atoms. The highest BCUT2D eigenvalue weighted by Crippen LogP contribution is 2.46. The van der Waals surface area contributed by atoms with Crippen LogP contribution in [0.5, 0.6) is 23.0 Å². The number of unbranched alkanes of at least 4 members (excludes halogenated alkanes) is 5. The van der Waals surface area contributed by atoms with Gasteiger partial charge >= 0.3 is 23.9 Å². The number of halogens is 2. The Morgan fingerprint density at radius 2 is 0.867 bits per heavy atom. The molecule has 0 aromatic heterocycles. The molecule has 8 atom stereocenters. The Balaban J connectivity index is 0.00000397. The summed E-state index contributed by atoms with van der Waals surface area (Å²) < 4.78 is 35.5. The summed E-state index contributed by atoms with van der Waals surface area (Å²) in [4.78, 5) is 48.6. The standard InChI is InChI=1S/C46H66N2O10.2BrH/c1-31(49)55-41-21-15-33(23-43(41)53-5)29-47(3)35-17-18-36(47)26-39(25-35)57-45(51)13-11-9-7-8-10-12-14-46(52)58-40-27-37-19-20-38(28-40)48(37,4)30-34-16-22-42(56-32(2)50)44(24-34)54-6;;/h15-16,21-24,35-40H,7-14,17-20,25-30H2,1-6H3;2*1H/q+2;;/p-2/t35-,36+,37-,38+,39?,40?,47?,48?;;. The number of methoxy groups -OCH3 is 2. The predicted octanol–water partition coefficient (Wildman–Crippen LogP) is 1.75. The van der Waals surface area contributed by atoms with E-state index in [4.69, 9.17) is 28.4 Å². The number of hydrogen-bond acceptors (Lipinski definition) is 10. The zero-order valence-corrected chi connectivity index (χ0v) is 39.6. The van der Waals surface area contributed by atoms with E-state index in [1.54, 1.807) is 14.2 Å². The van der Waals surface area contributed by atoms with Crippen molar-refractivity contribution in [3.63, 3.8) is 0 Å². The molecule has 0 amide bonds. The van der Waals surface area contributed by atoms with Crippen molar-refractivity contribution >= 4 is 23.9 Å². The molecular weight excluding hydrogens is 900 g/mol. The zero-order chi connectivity index (χ0) is 41.5. The van der Waals surface area contributed by atoms with Gasteiger partial charge < -0.3 is 71.4 Å². The van der Waals surface area contributed by atoms with Crippen molar-refractivity contribution in [1.82, 2.24) is 0 Å². The van der Waals surface area contributed by atoms with Crippen molar-refractivity contribution in [3.05, 3.63) is 47.5 Å². The van der Waals surface area contributed by atoms with Gasteiger partial charge in [-0.2, -0.15) is 0 Å². The molecular formula is C46H66Br2N2O10. The van der Waals surface area contributed by atoms with Gasteiger partial charge in [0.2, 0.25) is 0 Å². The van der Waals surface area contributed by atoms with Gasteiger partial charge in [0.25, 0.3) is 0 Å². The molecule has 4 fully saturated rings. The quantitative estimate of drug-likeness (QED) is 0.0892. The molecule has 2 aromatic carbocycles. The smallest absolute Gasteiger partial charge is 0.308 e. The van der Waals surface area contributed by atoms with E-state index in [0.29, 0.717) is 60.0 Å². The Hall–Kier alpha value is -3.20. The molecule has 4 heterocycles. The van der Waals surface area contributed by atoms with Gasteiger partial charge in [-0.3, -0.25) is 19.2 Å². The number of fused-ring (bicyclic) bond motifs is 4. The van der Waals surface area contributed by atoms with Gasteiger partial charge in [-0.15, -0.1) is 0 Å². The number of benzene rings is 2. The SMILES string of the molecule is COc1cc(C[N+]2(C)[C@@H]3CC[C@H]2CC(OC(=O)CCCCCCCCC(=O)OC2C[C@H]4CC[C@@H](C2)[N+]4(C)Cc2ccc(OC(C)=O)c(OC)c2)C3)ccc1OC(C)=O.[Br-].[Br-]. The van der Waals surface area contributed by atoms with Gasteiger partial charge in [0.15, 0.2) is 23.0 Å². The van der Waals surface area contributed by atoms with Gasteiger partial charge in [0.05, 0.1) is 52.5 Å². The first-order chi connectivity index (χ1) is 27.8. The number of carbonyl (C=O) groups is 4. The van der Waals surface area contributed by atoms with Crippen LogP contribution in [0.4, 0.5) is 0 Å². The lowest BCUT2D eigenvalue weighted by Gasteiger charge is -2.47. The molecule has 4 unspecified atom stereocenters. The number of carbonyl (C=O) groups excluding carboxylic acids is 4. The second-order valence-electron chi connectivity index (χ2n) is 17.7. The summed E-state index contributed by atoms with van der Waals surface area (Å²) in [5, 5.41) is 0. The first-order valence-electron chi connectivity index (χ1n) is 21.6. The van der Waals surface area contributed by atoms with Crippen LogP contribution in [-0.4, -0.2) is 97.5 Å². The first-order valence-corrected chi connectivity index (χ1v) is 21.6. The predicted molar refractivity (Wildman–Crippen MR) is 217 cm³/mol. The van der Waals surface area contributed by atoms with Crippen LogP contribution in [0.3, 0.4) is 0 Å². The number of esters is 4. The molecule has 0 N–H and O–H groups in total. The number of nitrogens with zero attached hydrogens (tertiary/aromatic N) is 2. The van der Waals surface area contributed by atoms with E-state index in [0.717, 1.165) is 123 Å². The number of rotatable bonds is 19. The van der Waals surface area contributed by atoms with E-state index >= 15 is 0 Å². The van der Waals surface area contributed by atoms with Crippen molar-refractivity contribution in [2.24, 2.45) is 0 Å². The molecule has 4 aliphatic heterocycles. The first kappa shape index (κ1) is 49.5. The van der Waals surface area contributed by atoms with Crippen LogP contribution < -0.4 is 52.9 Å². The lowest BCUT2D eigenvalue weighted by molar-refractivity contribution is -0.961. The van der Waals surface area contributed by atoms with Crippen LogP contribution in [0.2, 0.25) is 0 Å². The summed E-state index contributed by atoms with van der Waals surface area (Å²) in [5.41, 5.74) is 2.28. The molecule has 0 spiro atoms. The maximum atomic E-state index is 12.8. The number of quaternary nitrogens is 2. The minimum absolute atomic E-state index is 0. The minimum Gasteiger partial charge on any atom is -1.00 e. The number of piperidine rings is 2. The van der Waals surface area contributed by atoms with E-state index in [1.807, 2.05) is 36.4 Å². The molecule has 334 valence electrons. The fourth-order valence-electron chi connectivity index (χ4n) is 10.7. The van der Waals surface area contributed by atoms with Crippen molar-refractivity contribution in [1.29, 1.82) is 0 Å². The highest BCUT2D eigenvalue weighted by Gasteiger charge is 2.53. The topological polar surface area (TPSA) is 124 Å². The van der Waals surface area contributed by atoms with E-state index in [9.17, 15) is 19.2 Å². The maximum Gasteiger partial charge on any atom is 0.308 e. The van der Waals surface area contributed by atoms with Crippen LogP contribution >= 0.6 is 0 Å². The summed E-state index contributed by atoms with van der Waals surface area (Å²) in [5.74, 6) is 1.06. The summed E-state index contributed by atoms with van der Waals surface area (Å²) in [7, 11) is 7.81. The van der Waals surface area contributed by atoms with Crippen LogP contribution in [-0.2, 0) is 41.7 Å². The van der Waals surface area contributed by atoms with Crippen molar-refractivity contribution in [2.45, 2.75) is 166 Å².